The quantitative estimate of drug-likeness (QED) is 0.738. The number of hydrogen-bond acceptors (Lipinski definition) is 2. The van der Waals surface area contributed by atoms with Crippen LogP contribution < -0.4 is 0 Å². The van der Waals surface area contributed by atoms with Crippen molar-refractivity contribution in [1.82, 2.24) is 9.80 Å². The SMILES string of the molecule is O=C(C[C@@H]1C=CCC1)N1CCCN(C(=O)C2CC2)CC1. The van der Waals surface area contributed by atoms with Crippen LogP contribution in [0.15, 0.2) is 12.2 Å². The van der Waals surface area contributed by atoms with Crippen LogP contribution in [0.25, 0.3) is 0 Å². The molecule has 3 rings (SSSR count). The van der Waals surface area contributed by atoms with Crippen molar-refractivity contribution in [3.63, 3.8) is 0 Å². The molecule has 0 aromatic rings. The molecule has 110 valence electrons. The first kappa shape index (κ1) is 13.7. The third kappa shape index (κ3) is 3.22. The Morgan fingerprint density at radius 1 is 1.00 bits per heavy atom. The molecule has 0 unspecified atom stereocenters. The summed E-state index contributed by atoms with van der Waals surface area (Å²) in [5.41, 5.74) is 0. The molecule has 3 aliphatic rings. The van der Waals surface area contributed by atoms with Gasteiger partial charge in [0, 0.05) is 38.5 Å². The van der Waals surface area contributed by atoms with Gasteiger partial charge in [0.2, 0.25) is 11.8 Å². The number of carbonyl (C=O) groups is 2. The molecule has 4 heteroatoms. The van der Waals surface area contributed by atoms with Gasteiger partial charge in [-0.05, 0) is 38.0 Å². The Morgan fingerprint density at radius 3 is 2.45 bits per heavy atom. The van der Waals surface area contributed by atoms with Gasteiger partial charge in [0.05, 0.1) is 0 Å². The molecule has 1 atom stereocenters. The second-order valence-electron chi connectivity index (χ2n) is 6.30. The van der Waals surface area contributed by atoms with E-state index in [2.05, 4.69) is 12.2 Å². The van der Waals surface area contributed by atoms with Crippen molar-refractivity contribution in [2.45, 2.75) is 38.5 Å². The van der Waals surface area contributed by atoms with Gasteiger partial charge in [-0.1, -0.05) is 12.2 Å². The highest BCUT2D eigenvalue weighted by Gasteiger charge is 2.34. The first-order chi connectivity index (χ1) is 9.74. The molecule has 20 heavy (non-hydrogen) atoms. The lowest BCUT2D eigenvalue weighted by Crippen LogP contribution is -2.38. The molecule has 2 amide bonds. The van der Waals surface area contributed by atoms with Gasteiger partial charge in [-0.25, -0.2) is 0 Å². The number of rotatable bonds is 3. The van der Waals surface area contributed by atoms with Crippen LogP contribution in [0.4, 0.5) is 0 Å². The summed E-state index contributed by atoms with van der Waals surface area (Å²) in [6, 6.07) is 0. The first-order valence-electron chi connectivity index (χ1n) is 7.97. The average molecular weight is 276 g/mol. The summed E-state index contributed by atoms with van der Waals surface area (Å²) in [5.74, 6) is 1.32. The summed E-state index contributed by atoms with van der Waals surface area (Å²) in [5, 5.41) is 0. The number of allylic oxidation sites excluding steroid dienone is 2. The van der Waals surface area contributed by atoms with Gasteiger partial charge in [-0.2, -0.15) is 0 Å². The van der Waals surface area contributed by atoms with Crippen LogP contribution in [0.3, 0.4) is 0 Å². The maximum atomic E-state index is 12.3. The number of carbonyl (C=O) groups excluding carboxylic acids is 2. The molecule has 0 aromatic heterocycles. The van der Waals surface area contributed by atoms with E-state index < -0.39 is 0 Å². The minimum absolute atomic E-state index is 0.266. The first-order valence-corrected chi connectivity index (χ1v) is 7.97. The third-order valence-corrected chi connectivity index (χ3v) is 4.64. The molecule has 4 nitrogen and oxygen atoms in total. The molecule has 2 aliphatic carbocycles. The van der Waals surface area contributed by atoms with Crippen molar-refractivity contribution in [3.8, 4) is 0 Å². The summed E-state index contributed by atoms with van der Waals surface area (Å²) in [7, 11) is 0. The Bertz CT molecular complexity index is 415. The van der Waals surface area contributed by atoms with Gasteiger partial charge in [0.15, 0.2) is 0 Å². The lowest BCUT2D eigenvalue weighted by atomic mass is 10.0. The summed E-state index contributed by atoms with van der Waals surface area (Å²) >= 11 is 0. The van der Waals surface area contributed by atoms with E-state index in [0.717, 1.165) is 51.7 Å². The summed E-state index contributed by atoms with van der Waals surface area (Å²) in [6.07, 6.45) is 10.3. The zero-order valence-corrected chi connectivity index (χ0v) is 12.1. The standard InChI is InChI=1S/C16H24N2O2/c19-15(12-13-4-1-2-5-13)17-8-3-9-18(11-10-17)16(20)14-6-7-14/h1,4,13-14H,2-3,5-12H2/t13-/m1/s1. The van der Waals surface area contributed by atoms with Gasteiger partial charge < -0.3 is 9.80 Å². The molecule has 0 aromatic carbocycles. The molecule has 1 heterocycles. The minimum atomic E-state index is 0.266. The lowest BCUT2D eigenvalue weighted by molar-refractivity contribution is -0.134. The highest BCUT2D eigenvalue weighted by molar-refractivity contribution is 5.81. The molecule has 0 bridgehead atoms. The van der Waals surface area contributed by atoms with Gasteiger partial charge in [-0.3, -0.25) is 9.59 Å². The lowest BCUT2D eigenvalue weighted by Gasteiger charge is -2.23. The Kier molecular flexibility index (Phi) is 4.08. The van der Waals surface area contributed by atoms with E-state index >= 15 is 0 Å². The maximum Gasteiger partial charge on any atom is 0.225 e. The topological polar surface area (TPSA) is 40.6 Å². The van der Waals surface area contributed by atoms with Crippen molar-refractivity contribution in [3.05, 3.63) is 12.2 Å². The molecule has 1 aliphatic heterocycles. The van der Waals surface area contributed by atoms with Crippen LogP contribution in [-0.4, -0.2) is 47.8 Å². The second-order valence-corrected chi connectivity index (χ2v) is 6.30. The fraction of sp³-hybridized carbons (Fsp3) is 0.750. The van der Waals surface area contributed by atoms with E-state index in [9.17, 15) is 9.59 Å². The van der Waals surface area contributed by atoms with Gasteiger partial charge in [0.25, 0.3) is 0 Å². The highest BCUT2D eigenvalue weighted by Crippen LogP contribution is 2.31. The Morgan fingerprint density at radius 2 is 1.75 bits per heavy atom. The minimum Gasteiger partial charge on any atom is -0.341 e. The van der Waals surface area contributed by atoms with Crippen LogP contribution >= 0.6 is 0 Å². The highest BCUT2D eigenvalue weighted by atomic mass is 16.2. The van der Waals surface area contributed by atoms with Crippen molar-refractivity contribution < 1.29 is 9.59 Å². The van der Waals surface area contributed by atoms with Gasteiger partial charge in [0.1, 0.15) is 0 Å². The normalized spacial score (nSPS) is 26.7. The predicted octanol–water partition coefficient (Wildman–Crippen LogP) is 1.81. The zero-order valence-electron chi connectivity index (χ0n) is 12.1. The predicted molar refractivity (Wildman–Crippen MR) is 77.0 cm³/mol. The van der Waals surface area contributed by atoms with E-state index in [1.807, 2.05) is 9.80 Å². The summed E-state index contributed by atoms with van der Waals surface area (Å²) in [4.78, 5) is 28.3. The molecule has 0 N–H and O–H groups in total. The molecule has 0 spiro atoms. The van der Waals surface area contributed by atoms with E-state index in [1.54, 1.807) is 0 Å². The fourth-order valence-electron chi connectivity index (χ4n) is 3.19. The number of hydrogen-bond donors (Lipinski definition) is 0. The smallest absolute Gasteiger partial charge is 0.225 e. The van der Waals surface area contributed by atoms with Gasteiger partial charge >= 0.3 is 0 Å². The van der Waals surface area contributed by atoms with Crippen LogP contribution in [0.1, 0.15) is 38.5 Å². The van der Waals surface area contributed by atoms with E-state index in [1.165, 1.54) is 0 Å². The molecule has 0 radical (unpaired) electrons. The average Bonchev–Trinajstić information content (AvgIpc) is 3.22. The monoisotopic (exact) mass is 276 g/mol. The van der Waals surface area contributed by atoms with Crippen molar-refractivity contribution >= 4 is 11.8 Å². The zero-order chi connectivity index (χ0) is 13.9. The largest absolute Gasteiger partial charge is 0.341 e. The number of amides is 2. The van der Waals surface area contributed by atoms with Crippen LogP contribution in [-0.2, 0) is 9.59 Å². The van der Waals surface area contributed by atoms with Crippen LogP contribution in [0, 0.1) is 11.8 Å². The number of nitrogens with zero attached hydrogens (tertiary/aromatic N) is 2. The molecule has 1 saturated heterocycles. The molecular weight excluding hydrogens is 252 g/mol. The van der Waals surface area contributed by atoms with Crippen LogP contribution in [0.5, 0.6) is 0 Å². The van der Waals surface area contributed by atoms with Crippen molar-refractivity contribution in [1.29, 1.82) is 0 Å². The molecular formula is C16H24N2O2. The second kappa shape index (κ2) is 5.98. The Hall–Kier alpha value is -1.32. The third-order valence-electron chi connectivity index (χ3n) is 4.64. The van der Waals surface area contributed by atoms with Crippen molar-refractivity contribution in [2.24, 2.45) is 11.8 Å². The van der Waals surface area contributed by atoms with Crippen molar-refractivity contribution in [2.75, 3.05) is 26.2 Å². The Balaban J connectivity index is 1.49. The van der Waals surface area contributed by atoms with E-state index in [0.29, 0.717) is 30.7 Å². The molecule has 1 saturated carbocycles. The molecule has 2 fully saturated rings. The summed E-state index contributed by atoms with van der Waals surface area (Å²) < 4.78 is 0. The fourth-order valence-corrected chi connectivity index (χ4v) is 3.19. The summed E-state index contributed by atoms with van der Waals surface area (Å²) in [6.45, 7) is 3.07. The van der Waals surface area contributed by atoms with E-state index in [-0.39, 0.29) is 5.91 Å². The maximum absolute atomic E-state index is 12.3. The van der Waals surface area contributed by atoms with Gasteiger partial charge in [-0.15, -0.1) is 0 Å². The van der Waals surface area contributed by atoms with Crippen LogP contribution in [0.2, 0.25) is 0 Å². The Labute approximate surface area is 120 Å². The van der Waals surface area contributed by atoms with E-state index in [4.69, 9.17) is 0 Å².